The second-order valence-corrected chi connectivity index (χ2v) is 18.7. The summed E-state index contributed by atoms with van der Waals surface area (Å²) in [5.41, 5.74) is 0. The van der Waals surface area contributed by atoms with Crippen LogP contribution in [0, 0.1) is 0 Å². The van der Waals surface area contributed by atoms with Crippen molar-refractivity contribution < 1.29 is 52.2 Å². The summed E-state index contributed by atoms with van der Waals surface area (Å²) in [5, 5.41) is 9.78. The third-order valence-electron chi connectivity index (χ3n) is 10.7. The molecule has 0 saturated heterocycles. The van der Waals surface area contributed by atoms with Crippen LogP contribution < -0.4 is 0 Å². The van der Waals surface area contributed by atoms with Crippen molar-refractivity contribution >= 4 is 25.7 Å². The van der Waals surface area contributed by atoms with E-state index in [2.05, 4.69) is 118 Å². The molecule has 3 unspecified atom stereocenters. The number of carbonyl (C=O) groups is 3. The Morgan fingerprint density at radius 1 is 0.414 bits per heavy atom. The summed E-state index contributed by atoms with van der Waals surface area (Å²) in [5.74, 6) is -1.60. The van der Waals surface area contributed by atoms with Crippen LogP contribution in [0.5, 0.6) is 0 Å². The lowest BCUT2D eigenvalue weighted by atomic mass is 10.1. The Morgan fingerprint density at radius 2 is 0.771 bits per heavy atom. The highest BCUT2D eigenvalue weighted by atomic mass is 31.2. The van der Waals surface area contributed by atoms with E-state index in [0.717, 1.165) is 128 Å². The largest absolute Gasteiger partial charge is 0.472 e. The van der Waals surface area contributed by atoms with E-state index in [4.69, 9.17) is 23.3 Å². The van der Waals surface area contributed by atoms with Gasteiger partial charge in [-0.05, 0) is 103 Å². The molecule has 3 atom stereocenters. The smallest absolute Gasteiger partial charge is 0.462 e. The van der Waals surface area contributed by atoms with Crippen LogP contribution >= 0.6 is 7.82 Å². The molecule has 0 aliphatic rings. The summed E-state index contributed by atoms with van der Waals surface area (Å²) in [7, 11) is -4.77. The number of ether oxygens (including phenoxy) is 3. The lowest BCUT2D eigenvalue weighted by molar-refractivity contribution is -0.161. The Morgan fingerprint density at radius 3 is 1.23 bits per heavy atom. The van der Waals surface area contributed by atoms with E-state index in [1.54, 1.807) is 0 Å². The zero-order valence-electron chi connectivity index (χ0n) is 43.7. The molecular weight excluding hydrogens is 904 g/mol. The van der Waals surface area contributed by atoms with Gasteiger partial charge in [0.15, 0.2) is 6.10 Å². The minimum absolute atomic E-state index is 0.0380. The molecule has 0 aromatic rings. The number of aliphatic hydroxyl groups is 1. The molecule has 11 nitrogen and oxygen atoms in total. The molecule has 0 aromatic heterocycles. The van der Waals surface area contributed by atoms with E-state index in [1.165, 1.54) is 12.8 Å². The standard InChI is InChI=1S/C58H95O11P/c1-4-7-10-13-16-19-22-25-26-27-28-31-32-35-38-41-44-47-56(60)65-51-55(69-58(62)49-46-43-40-37-34-30-24-21-18-15-12-9-6-3)53-67-70(63,64)66-52-54(50-59)68-57(61)48-45-42-39-36-33-29-23-20-17-14-11-8-5-2/h7,9-12,14,16,18-21,23,25-26,30,34,40,43,54-55,59H,4-6,8,13,15,17,22,24,27-29,31-33,35-39,41-42,44-53H2,1-3H3,(H,63,64)/b10-7-,12-9-,14-11-,19-16-,21-18-,23-20-,26-25-,34-30-,43-40-. The third kappa shape index (κ3) is 49.1. The minimum Gasteiger partial charge on any atom is -0.462 e. The van der Waals surface area contributed by atoms with E-state index in [-0.39, 0.29) is 25.9 Å². The molecule has 0 heterocycles. The fraction of sp³-hybridized carbons (Fsp3) is 0.638. The Hall–Kier alpha value is -3.86. The maximum absolute atomic E-state index is 12.9. The van der Waals surface area contributed by atoms with Gasteiger partial charge in [-0.25, -0.2) is 4.57 Å². The molecule has 0 rings (SSSR count). The van der Waals surface area contributed by atoms with Crippen LogP contribution in [0.4, 0.5) is 0 Å². The average Bonchev–Trinajstić information content (AvgIpc) is 3.35. The van der Waals surface area contributed by atoms with Gasteiger partial charge >= 0.3 is 25.7 Å². The van der Waals surface area contributed by atoms with Gasteiger partial charge in [-0.15, -0.1) is 0 Å². The van der Waals surface area contributed by atoms with Crippen LogP contribution in [0.3, 0.4) is 0 Å². The van der Waals surface area contributed by atoms with Crippen molar-refractivity contribution in [3.63, 3.8) is 0 Å². The van der Waals surface area contributed by atoms with Crippen LogP contribution in [-0.2, 0) is 42.2 Å². The topological polar surface area (TPSA) is 155 Å². The van der Waals surface area contributed by atoms with E-state index in [0.29, 0.717) is 19.3 Å². The molecule has 0 radical (unpaired) electrons. The van der Waals surface area contributed by atoms with E-state index in [9.17, 15) is 28.9 Å². The van der Waals surface area contributed by atoms with E-state index >= 15 is 0 Å². The van der Waals surface area contributed by atoms with Gasteiger partial charge in [0.2, 0.25) is 0 Å². The summed E-state index contributed by atoms with van der Waals surface area (Å²) >= 11 is 0. The number of unbranched alkanes of at least 4 members (excludes halogenated alkanes) is 13. The third-order valence-corrected chi connectivity index (χ3v) is 11.6. The summed E-state index contributed by atoms with van der Waals surface area (Å²) in [6, 6.07) is 0. The van der Waals surface area contributed by atoms with Crippen molar-refractivity contribution in [1.82, 2.24) is 0 Å². The molecule has 0 fully saturated rings. The number of rotatable bonds is 48. The van der Waals surface area contributed by atoms with Crippen LogP contribution in [-0.4, -0.2) is 66.5 Å². The van der Waals surface area contributed by atoms with Crippen LogP contribution in [0.2, 0.25) is 0 Å². The van der Waals surface area contributed by atoms with Gasteiger partial charge in [-0.3, -0.25) is 23.4 Å². The van der Waals surface area contributed by atoms with Crippen molar-refractivity contribution in [3.05, 3.63) is 109 Å². The fourth-order valence-electron chi connectivity index (χ4n) is 6.66. The Labute approximate surface area is 425 Å². The highest BCUT2D eigenvalue weighted by molar-refractivity contribution is 7.47. The molecule has 0 bridgehead atoms. The molecule has 12 heteroatoms. The number of hydrogen-bond acceptors (Lipinski definition) is 10. The number of hydrogen-bond donors (Lipinski definition) is 2. The lowest BCUT2D eigenvalue weighted by Gasteiger charge is -2.21. The van der Waals surface area contributed by atoms with Gasteiger partial charge in [0.1, 0.15) is 12.7 Å². The SMILES string of the molecule is CC/C=C\C/C=C\C/C=C\C/C=C\CCC(=O)OC(COC(=O)CCCCCCCCC/C=C\C/C=C\C/C=C\CC)COP(=O)(O)OCC(CO)OC(=O)CCCCCCC/C=C\C/C=C\CCC. The molecule has 0 aliphatic carbocycles. The van der Waals surface area contributed by atoms with Gasteiger partial charge in [0, 0.05) is 19.3 Å². The van der Waals surface area contributed by atoms with Gasteiger partial charge in [0.05, 0.1) is 19.8 Å². The molecule has 70 heavy (non-hydrogen) atoms. The molecule has 0 saturated carbocycles. The van der Waals surface area contributed by atoms with Gasteiger partial charge < -0.3 is 24.2 Å². The fourth-order valence-corrected chi connectivity index (χ4v) is 7.44. The number of esters is 3. The molecule has 0 amide bonds. The lowest BCUT2D eigenvalue weighted by Crippen LogP contribution is -2.30. The monoisotopic (exact) mass is 999 g/mol. The van der Waals surface area contributed by atoms with Gasteiger partial charge in [-0.1, -0.05) is 188 Å². The van der Waals surface area contributed by atoms with Crippen molar-refractivity contribution in [2.24, 2.45) is 0 Å². The normalized spacial score (nSPS) is 14.3. The molecule has 398 valence electrons. The number of allylic oxidation sites excluding steroid dienone is 18. The highest BCUT2D eigenvalue weighted by Crippen LogP contribution is 2.43. The Kier molecular flexibility index (Phi) is 48.7. The Bertz CT molecular complexity index is 1590. The molecule has 0 spiro atoms. The first kappa shape index (κ1) is 66.1. The number of carbonyl (C=O) groups excluding carboxylic acids is 3. The van der Waals surface area contributed by atoms with Crippen molar-refractivity contribution in [3.8, 4) is 0 Å². The minimum atomic E-state index is -4.77. The molecule has 2 N–H and O–H groups in total. The van der Waals surface area contributed by atoms with Crippen LogP contribution in [0.1, 0.15) is 201 Å². The van der Waals surface area contributed by atoms with Gasteiger partial charge in [0.25, 0.3) is 0 Å². The van der Waals surface area contributed by atoms with Gasteiger partial charge in [-0.2, -0.15) is 0 Å². The number of phosphoric ester groups is 1. The maximum atomic E-state index is 12.9. The average molecular weight is 999 g/mol. The first-order valence-corrected chi connectivity index (χ1v) is 28.3. The predicted octanol–water partition coefficient (Wildman–Crippen LogP) is 15.5. The first-order valence-electron chi connectivity index (χ1n) is 26.8. The van der Waals surface area contributed by atoms with Crippen molar-refractivity contribution in [1.29, 1.82) is 0 Å². The quantitative estimate of drug-likeness (QED) is 0.0197. The summed E-state index contributed by atoms with van der Waals surface area (Å²) in [6.45, 7) is 4.21. The molecule has 0 aliphatic heterocycles. The second kappa shape index (κ2) is 51.5. The number of aliphatic hydroxyl groups excluding tert-OH is 1. The maximum Gasteiger partial charge on any atom is 0.472 e. The predicted molar refractivity (Wildman–Crippen MR) is 288 cm³/mol. The van der Waals surface area contributed by atoms with E-state index < -0.39 is 57.8 Å². The summed E-state index contributed by atoms with van der Waals surface area (Å²) in [6.07, 6.45) is 60.7. The molecular formula is C58H95O11P. The zero-order valence-corrected chi connectivity index (χ0v) is 44.6. The summed E-state index contributed by atoms with van der Waals surface area (Å²) < 4.78 is 39.3. The first-order chi connectivity index (χ1) is 34.2. The molecule has 0 aromatic carbocycles. The van der Waals surface area contributed by atoms with Crippen LogP contribution in [0.25, 0.3) is 0 Å². The van der Waals surface area contributed by atoms with E-state index in [1.807, 2.05) is 12.2 Å². The van der Waals surface area contributed by atoms with Crippen molar-refractivity contribution in [2.45, 2.75) is 213 Å². The number of phosphoric acid groups is 1. The zero-order chi connectivity index (χ0) is 51.3. The van der Waals surface area contributed by atoms with Crippen LogP contribution in [0.15, 0.2) is 109 Å². The van der Waals surface area contributed by atoms with Crippen molar-refractivity contribution in [2.75, 3.05) is 26.4 Å². The summed E-state index contributed by atoms with van der Waals surface area (Å²) in [4.78, 5) is 48.3. The second-order valence-electron chi connectivity index (χ2n) is 17.3. The Balaban J connectivity index is 4.83. The highest BCUT2D eigenvalue weighted by Gasteiger charge is 2.28.